The molecule has 158 valence electrons. The van der Waals surface area contributed by atoms with Crippen LogP contribution in [0.4, 0.5) is 0 Å². The molecule has 1 heterocycles. The zero-order valence-electron chi connectivity index (χ0n) is 17.8. The van der Waals surface area contributed by atoms with Gasteiger partial charge in [-0.1, -0.05) is 18.2 Å². The van der Waals surface area contributed by atoms with E-state index in [0.717, 1.165) is 56.7 Å². The number of para-hydroxylation sites is 1. The van der Waals surface area contributed by atoms with E-state index in [-0.39, 0.29) is 5.54 Å². The van der Waals surface area contributed by atoms with Gasteiger partial charge in [0.15, 0.2) is 5.96 Å². The number of nitrogens with zero attached hydrogens (tertiary/aromatic N) is 2. The van der Waals surface area contributed by atoms with E-state index in [1.165, 1.54) is 0 Å². The molecule has 0 aromatic heterocycles. The third-order valence-corrected chi connectivity index (χ3v) is 4.82. The lowest BCUT2D eigenvalue weighted by atomic mass is 10.0. The number of methoxy groups -OCH3 is 1. The standard InChI is InChI=1S/C21H36N4O3/c1-5-22-20(24-17-21(2,3)25-11-14-27-15-12-25)23-10-13-28-16-18-8-6-7-9-19(18)26-4/h6-9H,5,10-17H2,1-4H3,(H2,22,23,24). The first-order chi connectivity index (χ1) is 13.6. The number of hydrogen-bond donors (Lipinski definition) is 2. The van der Waals surface area contributed by atoms with E-state index in [9.17, 15) is 0 Å². The molecule has 2 rings (SSSR count). The second-order valence-corrected chi connectivity index (χ2v) is 7.40. The Morgan fingerprint density at radius 2 is 1.96 bits per heavy atom. The summed E-state index contributed by atoms with van der Waals surface area (Å²) in [4.78, 5) is 7.22. The third kappa shape index (κ3) is 7.30. The van der Waals surface area contributed by atoms with Crippen molar-refractivity contribution in [1.82, 2.24) is 15.5 Å². The molecule has 0 aliphatic carbocycles. The molecular weight excluding hydrogens is 356 g/mol. The van der Waals surface area contributed by atoms with Crippen LogP contribution in [0.15, 0.2) is 29.3 Å². The first kappa shape index (κ1) is 22.5. The summed E-state index contributed by atoms with van der Waals surface area (Å²) in [6.45, 7) is 13.4. The lowest BCUT2D eigenvalue weighted by molar-refractivity contribution is -0.00684. The van der Waals surface area contributed by atoms with Gasteiger partial charge in [-0.25, -0.2) is 0 Å². The minimum Gasteiger partial charge on any atom is -0.496 e. The fourth-order valence-electron chi connectivity index (χ4n) is 3.13. The zero-order chi connectivity index (χ0) is 20.2. The number of ether oxygens (including phenoxy) is 3. The summed E-state index contributed by atoms with van der Waals surface area (Å²) in [6, 6.07) is 7.92. The van der Waals surface area contributed by atoms with Crippen molar-refractivity contribution in [2.75, 3.05) is 59.7 Å². The number of aliphatic imine (C=N–C) groups is 1. The van der Waals surface area contributed by atoms with Crippen LogP contribution in [-0.4, -0.2) is 76.1 Å². The largest absolute Gasteiger partial charge is 0.496 e. The minimum absolute atomic E-state index is 0.00644. The summed E-state index contributed by atoms with van der Waals surface area (Å²) in [6.07, 6.45) is 0. The Kier molecular flexibility index (Phi) is 9.54. The molecular formula is C21H36N4O3. The summed E-state index contributed by atoms with van der Waals surface area (Å²) in [5.41, 5.74) is 1.06. The lowest BCUT2D eigenvalue weighted by Gasteiger charge is -2.39. The molecule has 0 saturated carbocycles. The maximum absolute atomic E-state index is 5.78. The molecule has 1 aromatic carbocycles. The van der Waals surface area contributed by atoms with E-state index < -0.39 is 0 Å². The molecule has 2 N–H and O–H groups in total. The number of guanidine groups is 1. The van der Waals surface area contributed by atoms with Crippen LogP contribution >= 0.6 is 0 Å². The molecule has 1 saturated heterocycles. The topological polar surface area (TPSA) is 67.4 Å². The van der Waals surface area contributed by atoms with E-state index in [4.69, 9.17) is 19.2 Å². The molecule has 7 nitrogen and oxygen atoms in total. The third-order valence-electron chi connectivity index (χ3n) is 4.82. The number of hydrogen-bond acceptors (Lipinski definition) is 5. The van der Waals surface area contributed by atoms with Crippen molar-refractivity contribution in [1.29, 1.82) is 0 Å². The normalized spacial score (nSPS) is 16.1. The average Bonchev–Trinajstić information content (AvgIpc) is 2.72. The molecule has 0 amide bonds. The highest BCUT2D eigenvalue weighted by molar-refractivity contribution is 5.79. The van der Waals surface area contributed by atoms with Crippen LogP contribution in [0, 0.1) is 0 Å². The van der Waals surface area contributed by atoms with Gasteiger partial charge in [0, 0.05) is 37.3 Å². The van der Waals surface area contributed by atoms with Crippen molar-refractivity contribution in [3.63, 3.8) is 0 Å². The van der Waals surface area contributed by atoms with Gasteiger partial charge < -0.3 is 24.8 Å². The van der Waals surface area contributed by atoms with Gasteiger partial charge in [0.2, 0.25) is 0 Å². The summed E-state index contributed by atoms with van der Waals surface area (Å²) in [5.74, 6) is 1.68. The lowest BCUT2D eigenvalue weighted by Crippen LogP contribution is -2.52. The van der Waals surface area contributed by atoms with E-state index in [1.807, 2.05) is 24.3 Å². The maximum atomic E-state index is 5.78. The Hall–Kier alpha value is -1.83. The summed E-state index contributed by atoms with van der Waals surface area (Å²) < 4.78 is 16.6. The monoisotopic (exact) mass is 392 g/mol. The maximum Gasteiger partial charge on any atom is 0.191 e. The van der Waals surface area contributed by atoms with Gasteiger partial charge >= 0.3 is 0 Å². The summed E-state index contributed by atoms with van der Waals surface area (Å²) >= 11 is 0. The van der Waals surface area contributed by atoms with Crippen molar-refractivity contribution < 1.29 is 14.2 Å². The van der Waals surface area contributed by atoms with Crippen LogP contribution in [0.3, 0.4) is 0 Å². The van der Waals surface area contributed by atoms with Crippen molar-refractivity contribution in [2.45, 2.75) is 32.9 Å². The molecule has 0 atom stereocenters. The molecule has 0 bridgehead atoms. The van der Waals surface area contributed by atoms with Crippen molar-refractivity contribution >= 4 is 5.96 Å². The average molecular weight is 393 g/mol. The Bertz CT molecular complexity index is 601. The van der Waals surface area contributed by atoms with E-state index in [0.29, 0.717) is 19.8 Å². The number of morpholine rings is 1. The van der Waals surface area contributed by atoms with Crippen LogP contribution in [0.5, 0.6) is 5.75 Å². The van der Waals surface area contributed by atoms with Crippen LogP contribution in [-0.2, 0) is 16.1 Å². The second kappa shape index (κ2) is 11.9. The molecule has 0 unspecified atom stereocenters. The Morgan fingerprint density at radius 1 is 1.21 bits per heavy atom. The van der Waals surface area contributed by atoms with Gasteiger partial charge in [-0.15, -0.1) is 0 Å². The van der Waals surface area contributed by atoms with Crippen molar-refractivity contribution in [3.8, 4) is 5.75 Å². The van der Waals surface area contributed by atoms with Gasteiger partial charge in [0.25, 0.3) is 0 Å². The fraction of sp³-hybridized carbons (Fsp3) is 0.667. The van der Waals surface area contributed by atoms with Crippen LogP contribution in [0.2, 0.25) is 0 Å². The Labute approximate surface area is 169 Å². The van der Waals surface area contributed by atoms with Crippen molar-refractivity contribution in [2.24, 2.45) is 4.99 Å². The molecule has 7 heteroatoms. The SMILES string of the molecule is CCNC(=NCC(C)(C)N1CCOCC1)NCCOCc1ccccc1OC. The predicted octanol–water partition coefficient (Wildman–Crippen LogP) is 1.88. The van der Waals surface area contributed by atoms with Gasteiger partial charge in [-0.3, -0.25) is 9.89 Å². The molecule has 0 radical (unpaired) electrons. The highest BCUT2D eigenvalue weighted by Gasteiger charge is 2.28. The molecule has 28 heavy (non-hydrogen) atoms. The molecule has 0 spiro atoms. The predicted molar refractivity (Wildman–Crippen MR) is 113 cm³/mol. The number of benzene rings is 1. The summed E-state index contributed by atoms with van der Waals surface area (Å²) in [5, 5.41) is 6.66. The molecule has 1 aliphatic rings. The fourth-order valence-corrected chi connectivity index (χ4v) is 3.13. The highest BCUT2D eigenvalue weighted by Crippen LogP contribution is 2.18. The second-order valence-electron chi connectivity index (χ2n) is 7.40. The van der Waals surface area contributed by atoms with E-state index >= 15 is 0 Å². The Morgan fingerprint density at radius 3 is 2.68 bits per heavy atom. The highest BCUT2D eigenvalue weighted by atomic mass is 16.5. The van der Waals surface area contributed by atoms with Gasteiger partial charge in [-0.2, -0.15) is 0 Å². The van der Waals surface area contributed by atoms with E-state index in [1.54, 1.807) is 7.11 Å². The first-order valence-electron chi connectivity index (χ1n) is 10.1. The van der Waals surface area contributed by atoms with Crippen LogP contribution in [0.25, 0.3) is 0 Å². The quantitative estimate of drug-likeness (QED) is 0.360. The van der Waals surface area contributed by atoms with E-state index in [2.05, 4.69) is 36.3 Å². The van der Waals surface area contributed by atoms with Crippen LogP contribution in [0.1, 0.15) is 26.3 Å². The summed E-state index contributed by atoms with van der Waals surface area (Å²) in [7, 11) is 1.68. The first-order valence-corrected chi connectivity index (χ1v) is 10.1. The Balaban J connectivity index is 1.76. The molecule has 1 fully saturated rings. The van der Waals surface area contributed by atoms with Gasteiger partial charge in [0.05, 0.1) is 40.1 Å². The molecule has 1 aliphatic heterocycles. The minimum atomic E-state index is 0.00644. The van der Waals surface area contributed by atoms with Gasteiger partial charge in [-0.05, 0) is 26.8 Å². The smallest absolute Gasteiger partial charge is 0.191 e. The number of rotatable bonds is 10. The van der Waals surface area contributed by atoms with Crippen molar-refractivity contribution in [3.05, 3.63) is 29.8 Å². The van der Waals surface area contributed by atoms with Crippen LogP contribution < -0.4 is 15.4 Å². The number of nitrogens with one attached hydrogen (secondary N) is 2. The molecule has 1 aromatic rings. The zero-order valence-corrected chi connectivity index (χ0v) is 17.8. The van der Waals surface area contributed by atoms with Gasteiger partial charge in [0.1, 0.15) is 5.75 Å².